The van der Waals surface area contributed by atoms with Crippen LogP contribution in [-0.4, -0.2) is 53.3 Å². The SMILES string of the molecule is C#CCN1CC(=O)N(COC(=O)[C@@H]2[C@@H](C=C(C#N)SCCC)C2(C)C)C1=O. The number of terminal acetylenes is 1. The van der Waals surface area contributed by atoms with E-state index in [1.54, 1.807) is 0 Å². The highest BCUT2D eigenvalue weighted by atomic mass is 32.2. The molecule has 0 bridgehead atoms. The lowest BCUT2D eigenvalue weighted by molar-refractivity contribution is -0.151. The van der Waals surface area contributed by atoms with E-state index in [4.69, 9.17) is 11.2 Å². The minimum atomic E-state index is -0.556. The van der Waals surface area contributed by atoms with Crippen LogP contribution in [0.25, 0.3) is 0 Å². The Balaban J connectivity index is 1.96. The number of urea groups is 1. The fourth-order valence-corrected chi connectivity index (χ4v) is 3.84. The number of carbonyl (C=O) groups excluding carboxylic acids is 3. The summed E-state index contributed by atoms with van der Waals surface area (Å²) < 4.78 is 5.23. The molecule has 1 saturated heterocycles. The Labute approximate surface area is 163 Å². The summed E-state index contributed by atoms with van der Waals surface area (Å²) in [5.74, 6) is 1.72. The van der Waals surface area contributed by atoms with Crippen LogP contribution < -0.4 is 0 Å². The first-order valence-electron chi connectivity index (χ1n) is 8.72. The molecule has 0 N–H and O–H groups in total. The van der Waals surface area contributed by atoms with Gasteiger partial charge < -0.3 is 9.64 Å². The number of rotatable bonds is 8. The highest BCUT2D eigenvalue weighted by Crippen LogP contribution is 2.60. The summed E-state index contributed by atoms with van der Waals surface area (Å²) in [5.41, 5.74) is -0.333. The molecule has 2 rings (SSSR count). The van der Waals surface area contributed by atoms with Gasteiger partial charge in [0.2, 0.25) is 0 Å². The van der Waals surface area contributed by atoms with Gasteiger partial charge in [0.15, 0.2) is 6.73 Å². The Morgan fingerprint density at radius 3 is 2.78 bits per heavy atom. The topological polar surface area (TPSA) is 90.7 Å². The van der Waals surface area contributed by atoms with Gasteiger partial charge in [0.05, 0.1) is 17.4 Å². The molecule has 8 heteroatoms. The molecular weight excluding hydrogens is 366 g/mol. The van der Waals surface area contributed by atoms with Gasteiger partial charge in [-0.3, -0.25) is 9.59 Å². The van der Waals surface area contributed by atoms with Crippen molar-refractivity contribution in [2.24, 2.45) is 17.3 Å². The highest BCUT2D eigenvalue weighted by Gasteiger charge is 2.61. The second-order valence-electron chi connectivity index (χ2n) is 7.07. The summed E-state index contributed by atoms with van der Waals surface area (Å²) in [4.78, 5) is 39.1. The Kier molecular flexibility index (Phi) is 6.56. The maximum absolute atomic E-state index is 12.5. The van der Waals surface area contributed by atoms with E-state index < -0.39 is 30.6 Å². The molecule has 2 fully saturated rings. The minimum Gasteiger partial charge on any atom is -0.443 e. The van der Waals surface area contributed by atoms with Gasteiger partial charge in [-0.15, -0.1) is 18.2 Å². The summed E-state index contributed by atoms with van der Waals surface area (Å²) in [5, 5.41) is 9.24. The molecule has 2 atom stereocenters. The van der Waals surface area contributed by atoms with Gasteiger partial charge in [-0.1, -0.05) is 32.8 Å². The van der Waals surface area contributed by atoms with E-state index in [-0.39, 0.29) is 24.4 Å². The summed E-state index contributed by atoms with van der Waals surface area (Å²) in [7, 11) is 0. The number of ether oxygens (including phenoxy) is 1. The fourth-order valence-electron chi connectivity index (χ4n) is 3.10. The molecule has 27 heavy (non-hydrogen) atoms. The van der Waals surface area contributed by atoms with Gasteiger partial charge in [-0.05, 0) is 23.5 Å². The number of imide groups is 1. The first-order chi connectivity index (χ1) is 12.8. The van der Waals surface area contributed by atoms with Crippen LogP contribution in [0.5, 0.6) is 0 Å². The van der Waals surface area contributed by atoms with Crippen molar-refractivity contribution >= 4 is 29.7 Å². The normalized spacial score (nSPS) is 23.8. The molecule has 3 amide bonds. The summed E-state index contributed by atoms with van der Waals surface area (Å²) in [6, 6.07) is 1.61. The summed E-state index contributed by atoms with van der Waals surface area (Å²) in [6.07, 6.45) is 7.95. The lowest BCUT2D eigenvalue weighted by Crippen LogP contribution is -2.36. The predicted octanol–water partition coefficient (Wildman–Crippen LogP) is 2.21. The van der Waals surface area contributed by atoms with Crippen molar-refractivity contribution in [3.8, 4) is 18.4 Å². The molecule has 144 valence electrons. The molecule has 0 aromatic carbocycles. The van der Waals surface area contributed by atoms with E-state index in [0.717, 1.165) is 17.1 Å². The molecule has 0 aromatic rings. The number of amides is 3. The van der Waals surface area contributed by atoms with Crippen molar-refractivity contribution in [1.82, 2.24) is 9.80 Å². The van der Waals surface area contributed by atoms with Crippen LogP contribution in [0.1, 0.15) is 27.2 Å². The van der Waals surface area contributed by atoms with Gasteiger partial charge in [-0.2, -0.15) is 5.26 Å². The third kappa shape index (κ3) is 4.45. The third-order valence-corrected chi connectivity index (χ3v) is 5.96. The van der Waals surface area contributed by atoms with Crippen LogP contribution in [0.3, 0.4) is 0 Å². The fraction of sp³-hybridized carbons (Fsp3) is 0.579. The molecule has 1 heterocycles. The zero-order chi connectivity index (χ0) is 20.2. The van der Waals surface area contributed by atoms with Crippen molar-refractivity contribution in [3.05, 3.63) is 11.0 Å². The standard InChI is InChI=1S/C19H23N3O4S/c1-5-7-21-11-15(23)22(18(21)25)12-26-17(24)16-14(19(16,3)4)9-13(10-20)27-8-6-2/h1,9,14,16H,6-8,11-12H2,2-4H3/t14-,16+/m1/s1. The Morgan fingerprint density at radius 1 is 1.48 bits per heavy atom. The third-order valence-electron chi connectivity index (χ3n) is 4.81. The summed E-state index contributed by atoms with van der Waals surface area (Å²) in [6.45, 7) is 5.40. The number of carbonyl (C=O) groups is 3. The molecular formula is C19H23N3O4S. The number of hydrogen-bond acceptors (Lipinski definition) is 6. The quantitative estimate of drug-likeness (QED) is 0.274. The minimum absolute atomic E-state index is 0.0317. The average Bonchev–Trinajstić information content (AvgIpc) is 3.06. The zero-order valence-electron chi connectivity index (χ0n) is 15.7. The first-order valence-corrected chi connectivity index (χ1v) is 9.70. The monoisotopic (exact) mass is 389 g/mol. The lowest BCUT2D eigenvalue weighted by atomic mass is 10.1. The maximum Gasteiger partial charge on any atom is 0.330 e. The van der Waals surface area contributed by atoms with E-state index in [0.29, 0.717) is 4.91 Å². The molecule has 0 unspecified atom stereocenters. The van der Waals surface area contributed by atoms with Crippen LogP contribution in [0.2, 0.25) is 0 Å². The van der Waals surface area contributed by atoms with E-state index in [1.165, 1.54) is 16.7 Å². The maximum atomic E-state index is 12.5. The molecule has 1 aliphatic carbocycles. The van der Waals surface area contributed by atoms with E-state index in [2.05, 4.69) is 12.0 Å². The number of hydrogen-bond donors (Lipinski definition) is 0. The van der Waals surface area contributed by atoms with Crippen molar-refractivity contribution in [2.75, 3.05) is 25.6 Å². The number of allylic oxidation sites excluding steroid dienone is 2. The van der Waals surface area contributed by atoms with E-state index in [9.17, 15) is 19.6 Å². The van der Waals surface area contributed by atoms with Crippen LogP contribution in [-0.2, 0) is 14.3 Å². The predicted molar refractivity (Wildman–Crippen MR) is 101 cm³/mol. The van der Waals surface area contributed by atoms with Gasteiger partial charge >= 0.3 is 12.0 Å². The van der Waals surface area contributed by atoms with Crippen molar-refractivity contribution < 1.29 is 19.1 Å². The van der Waals surface area contributed by atoms with Gasteiger partial charge in [-0.25, -0.2) is 9.69 Å². The number of nitriles is 1. The van der Waals surface area contributed by atoms with Crippen LogP contribution in [0.15, 0.2) is 11.0 Å². The molecule has 1 aliphatic heterocycles. The van der Waals surface area contributed by atoms with Crippen LogP contribution in [0.4, 0.5) is 4.79 Å². The van der Waals surface area contributed by atoms with E-state index in [1.807, 2.05) is 26.8 Å². The van der Waals surface area contributed by atoms with Crippen molar-refractivity contribution in [3.63, 3.8) is 0 Å². The van der Waals surface area contributed by atoms with Gasteiger partial charge in [0.25, 0.3) is 5.91 Å². The van der Waals surface area contributed by atoms with Gasteiger partial charge in [0, 0.05) is 0 Å². The molecule has 0 spiro atoms. The molecule has 0 aromatic heterocycles. The smallest absolute Gasteiger partial charge is 0.330 e. The van der Waals surface area contributed by atoms with Crippen molar-refractivity contribution in [1.29, 1.82) is 5.26 Å². The second kappa shape index (κ2) is 8.49. The Bertz CT molecular complexity index is 747. The largest absolute Gasteiger partial charge is 0.443 e. The molecule has 7 nitrogen and oxygen atoms in total. The van der Waals surface area contributed by atoms with Crippen LogP contribution in [0, 0.1) is 40.9 Å². The summed E-state index contributed by atoms with van der Waals surface area (Å²) >= 11 is 1.47. The molecule has 2 aliphatic rings. The highest BCUT2D eigenvalue weighted by molar-refractivity contribution is 8.03. The average molecular weight is 389 g/mol. The van der Waals surface area contributed by atoms with E-state index >= 15 is 0 Å². The first kappa shape index (κ1) is 20.9. The van der Waals surface area contributed by atoms with Gasteiger partial charge in [0.1, 0.15) is 12.6 Å². The number of thioether (sulfide) groups is 1. The Morgan fingerprint density at radius 2 is 2.19 bits per heavy atom. The molecule has 0 radical (unpaired) electrons. The zero-order valence-corrected chi connectivity index (χ0v) is 16.5. The molecule has 1 saturated carbocycles. The number of esters is 1. The van der Waals surface area contributed by atoms with Crippen LogP contribution >= 0.6 is 11.8 Å². The Hall–Kier alpha value is -2.45. The number of nitrogens with zero attached hydrogens (tertiary/aromatic N) is 3. The second-order valence-corrected chi connectivity index (χ2v) is 8.21. The lowest BCUT2D eigenvalue weighted by Gasteiger charge is -2.15. The van der Waals surface area contributed by atoms with Crippen molar-refractivity contribution in [2.45, 2.75) is 27.2 Å².